The van der Waals surface area contributed by atoms with E-state index >= 15 is 0 Å². The van der Waals surface area contributed by atoms with E-state index in [4.69, 9.17) is 0 Å². The first-order chi connectivity index (χ1) is 16.9. The number of carbonyl (C=O) groups excluding carboxylic acids is 2. The van der Waals surface area contributed by atoms with Crippen molar-refractivity contribution in [2.75, 3.05) is 21.3 Å². The molecule has 4 amide bonds. The molecule has 5 N–H and O–H groups in total. The fourth-order valence-electron chi connectivity index (χ4n) is 3.12. The van der Waals surface area contributed by atoms with Crippen LogP contribution in [0.1, 0.15) is 35.3 Å². The van der Waals surface area contributed by atoms with E-state index in [9.17, 15) is 19.5 Å². The fraction of sp³-hybridized carbons (Fsp3) is 0.0741. The number of amides is 4. The maximum absolute atomic E-state index is 12.5. The van der Waals surface area contributed by atoms with Crippen molar-refractivity contribution in [3.63, 3.8) is 0 Å². The molecule has 0 aliphatic heterocycles. The monoisotopic (exact) mass is 466 g/mol. The summed E-state index contributed by atoms with van der Waals surface area (Å²) in [5, 5.41) is 20.0. The van der Waals surface area contributed by atoms with Gasteiger partial charge in [0.05, 0.1) is 5.56 Å². The third-order valence-corrected chi connectivity index (χ3v) is 4.48. The molecule has 8 nitrogen and oxygen atoms in total. The highest BCUT2D eigenvalue weighted by atomic mass is 16.4. The number of carboxylic acid groups (broad SMARTS) is 1. The van der Waals surface area contributed by atoms with E-state index in [2.05, 4.69) is 44.9 Å². The van der Waals surface area contributed by atoms with Crippen LogP contribution >= 0.6 is 0 Å². The Bertz CT molecular complexity index is 1310. The quantitative estimate of drug-likeness (QED) is 0.323. The van der Waals surface area contributed by atoms with Gasteiger partial charge in [-0.05, 0) is 68.4 Å². The van der Waals surface area contributed by atoms with E-state index in [0.29, 0.717) is 11.4 Å². The van der Waals surface area contributed by atoms with Crippen LogP contribution < -0.4 is 21.3 Å². The number of nitrogens with one attached hydrogen (secondary N) is 4. The summed E-state index contributed by atoms with van der Waals surface area (Å²) in [7, 11) is 0. The number of hydrogen-bond donors (Lipinski definition) is 5. The average Bonchev–Trinajstić information content (AvgIpc) is 2.79. The maximum Gasteiger partial charge on any atom is 0.335 e. The lowest BCUT2D eigenvalue weighted by molar-refractivity contribution is 0.0697. The third-order valence-electron chi connectivity index (χ3n) is 4.48. The Balaban J connectivity index is 1.73. The zero-order valence-corrected chi connectivity index (χ0v) is 19.0. The van der Waals surface area contributed by atoms with Crippen LogP contribution in [0.3, 0.4) is 0 Å². The first-order valence-corrected chi connectivity index (χ1v) is 10.5. The molecule has 0 saturated carbocycles. The second-order valence-corrected chi connectivity index (χ2v) is 7.17. The van der Waals surface area contributed by atoms with E-state index in [1.807, 2.05) is 12.1 Å². The number of hydrogen-bond acceptors (Lipinski definition) is 3. The molecule has 0 heterocycles. The van der Waals surface area contributed by atoms with Gasteiger partial charge in [0, 0.05) is 33.9 Å². The highest BCUT2D eigenvalue weighted by Crippen LogP contribution is 2.21. The lowest BCUT2D eigenvalue weighted by atomic mass is 10.1. The zero-order valence-electron chi connectivity index (χ0n) is 19.0. The third kappa shape index (κ3) is 7.41. The van der Waals surface area contributed by atoms with E-state index in [1.165, 1.54) is 18.2 Å². The minimum absolute atomic E-state index is 0.112. The molecular weight excluding hydrogens is 444 g/mol. The summed E-state index contributed by atoms with van der Waals surface area (Å²) in [5.74, 6) is 10.2. The van der Waals surface area contributed by atoms with Crippen LogP contribution in [0.25, 0.3) is 0 Å². The predicted molar refractivity (Wildman–Crippen MR) is 137 cm³/mol. The molecular formula is C27H22N4O4. The van der Waals surface area contributed by atoms with Gasteiger partial charge in [0.25, 0.3) is 0 Å². The van der Waals surface area contributed by atoms with Crippen LogP contribution in [-0.4, -0.2) is 23.1 Å². The molecule has 0 unspecified atom stereocenters. The number of aromatic carboxylic acids is 1. The zero-order chi connectivity index (χ0) is 25.2. The van der Waals surface area contributed by atoms with Crippen LogP contribution in [0.2, 0.25) is 0 Å². The molecule has 0 bridgehead atoms. The topological polar surface area (TPSA) is 120 Å². The Hall–Kier alpha value is -5.21. The molecule has 8 heteroatoms. The molecule has 3 aromatic rings. The number of carboxylic acids is 1. The summed E-state index contributed by atoms with van der Waals surface area (Å²) in [5.41, 5.74) is 2.77. The van der Waals surface area contributed by atoms with Gasteiger partial charge in [-0.2, -0.15) is 0 Å². The number of benzene rings is 3. The van der Waals surface area contributed by atoms with Crippen molar-refractivity contribution in [3.8, 4) is 23.7 Å². The van der Waals surface area contributed by atoms with Gasteiger partial charge in [0.2, 0.25) is 0 Å². The standard InChI is InChI=1S/C27H22N4O4/c1-3-7-18-9-5-11-21(13-18)28-26(34)30-23-15-20(25(32)33)16-24(17-23)31-27(35)29-22-12-6-10-19(14-22)8-4-2/h5-6,9-17H,1-2H3,(H,32,33)(H2,28,30,34)(H2,29,31,35). The maximum atomic E-state index is 12.5. The Morgan fingerprint density at radius 2 is 1.06 bits per heavy atom. The van der Waals surface area contributed by atoms with Crippen LogP contribution in [0, 0.1) is 23.7 Å². The minimum Gasteiger partial charge on any atom is -0.478 e. The minimum atomic E-state index is -1.21. The van der Waals surface area contributed by atoms with Gasteiger partial charge in [-0.1, -0.05) is 24.0 Å². The van der Waals surface area contributed by atoms with Crippen LogP contribution in [0.15, 0.2) is 66.7 Å². The normalized spacial score (nSPS) is 9.43. The van der Waals surface area contributed by atoms with Crippen LogP contribution in [0.5, 0.6) is 0 Å². The van der Waals surface area contributed by atoms with Crippen molar-refractivity contribution in [2.45, 2.75) is 13.8 Å². The number of rotatable bonds is 5. The van der Waals surface area contributed by atoms with E-state index < -0.39 is 18.0 Å². The molecule has 0 fully saturated rings. The first-order valence-electron chi connectivity index (χ1n) is 10.5. The van der Waals surface area contributed by atoms with Gasteiger partial charge >= 0.3 is 18.0 Å². The summed E-state index contributed by atoms with van der Waals surface area (Å²) in [6, 6.07) is 16.8. The van der Waals surface area contributed by atoms with Gasteiger partial charge in [-0.3, -0.25) is 0 Å². The van der Waals surface area contributed by atoms with Crippen LogP contribution in [0.4, 0.5) is 32.3 Å². The smallest absolute Gasteiger partial charge is 0.335 e. The van der Waals surface area contributed by atoms with Gasteiger partial charge < -0.3 is 26.4 Å². The van der Waals surface area contributed by atoms with E-state index in [1.54, 1.807) is 50.2 Å². The lowest BCUT2D eigenvalue weighted by Gasteiger charge is -2.12. The predicted octanol–water partition coefficient (Wildman–Crippen LogP) is 5.42. The molecule has 3 aromatic carbocycles. The SMILES string of the molecule is CC#Cc1cccc(NC(=O)Nc2cc(NC(=O)Nc3cccc(C#CC)c3)cc(C(=O)O)c2)c1. The van der Waals surface area contributed by atoms with Crippen molar-refractivity contribution in [2.24, 2.45) is 0 Å². The van der Waals surface area contributed by atoms with Crippen molar-refractivity contribution in [1.29, 1.82) is 0 Å². The van der Waals surface area contributed by atoms with Gasteiger partial charge in [0.15, 0.2) is 0 Å². The molecule has 0 radical (unpaired) electrons. The molecule has 0 atom stereocenters. The molecule has 0 saturated heterocycles. The van der Waals surface area contributed by atoms with Crippen molar-refractivity contribution in [1.82, 2.24) is 0 Å². The number of carbonyl (C=O) groups is 3. The molecule has 174 valence electrons. The van der Waals surface area contributed by atoms with Gasteiger partial charge in [-0.25, -0.2) is 14.4 Å². The average molecular weight is 466 g/mol. The Kier molecular flexibility index (Phi) is 8.09. The van der Waals surface area contributed by atoms with Crippen LogP contribution in [-0.2, 0) is 0 Å². The molecule has 0 aliphatic carbocycles. The summed E-state index contributed by atoms with van der Waals surface area (Å²) >= 11 is 0. The molecule has 3 rings (SSSR count). The van der Waals surface area contributed by atoms with E-state index in [0.717, 1.165) is 11.1 Å². The molecule has 0 spiro atoms. The Labute approximate surface area is 202 Å². The fourth-order valence-corrected chi connectivity index (χ4v) is 3.12. The highest BCUT2D eigenvalue weighted by Gasteiger charge is 2.12. The Morgan fingerprint density at radius 3 is 1.46 bits per heavy atom. The summed E-state index contributed by atoms with van der Waals surface area (Å²) < 4.78 is 0. The molecule has 0 aromatic heterocycles. The van der Waals surface area contributed by atoms with E-state index in [-0.39, 0.29) is 16.9 Å². The van der Waals surface area contributed by atoms with Gasteiger partial charge in [-0.15, -0.1) is 11.8 Å². The van der Waals surface area contributed by atoms with Crippen molar-refractivity contribution < 1.29 is 19.5 Å². The Morgan fingerprint density at radius 1 is 0.629 bits per heavy atom. The largest absolute Gasteiger partial charge is 0.478 e. The first kappa shape index (κ1) is 24.4. The summed E-state index contributed by atoms with van der Waals surface area (Å²) in [6.07, 6.45) is 0. The lowest BCUT2D eigenvalue weighted by Crippen LogP contribution is -2.21. The highest BCUT2D eigenvalue weighted by molar-refractivity contribution is 6.04. The summed E-state index contributed by atoms with van der Waals surface area (Å²) in [6.45, 7) is 3.43. The summed E-state index contributed by atoms with van der Waals surface area (Å²) in [4.78, 5) is 36.5. The molecule has 35 heavy (non-hydrogen) atoms. The second kappa shape index (κ2) is 11.6. The number of anilines is 4. The second-order valence-electron chi connectivity index (χ2n) is 7.17. The van der Waals surface area contributed by atoms with Crippen molar-refractivity contribution in [3.05, 3.63) is 83.4 Å². The van der Waals surface area contributed by atoms with Crippen molar-refractivity contribution >= 4 is 40.8 Å². The number of urea groups is 2. The van der Waals surface area contributed by atoms with Gasteiger partial charge in [0.1, 0.15) is 0 Å². The molecule has 0 aliphatic rings.